The zero-order valence-corrected chi connectivity index (χ0v) is 8.58. The van der Waals surface area contributed by atoms with Crippen LogP contribution in [0.15, 0.2) is 21.7 Å². The van der Waals surface area contributed by atoms with Gasteiger partial charge in [-0.15, -0.1) is 0 Å². The quantitative estimate of drug-likeness (QED) is 0.664. The summed E-state index contributed by atoms with van der Waals surface area (Å²) in [5.41, 5.74) is -1.21. The summed E-state index contributed by atoms with van der Waals surface area (Å²) in [5, 5.41) is 0.209. The Morgan fingerprint density at radius 3 is 2.75 bits per heavy atom. The topological polar surface area (TPSA) is 54.9 Å². The van der Waals surface area contributed by atoms with E-state index < -0.39 is 17.1 Å². The summed E-state index contributed by atoms with van der Waals surface area (Å²) in [5.74, 6) is -0.656. The highest BCUT2D eigenvalue weighted by atomic mass is 19.1. The van der Waals surface area contributed by atoms with Gasteiger partial charge in [0.25, 0.3) is 5.56 Å². The Morgan fingerprint density at radius 2 is 2.12 bits per heavy atom. The number of nitrogens with one attached hydrogen (secondary N) is 1. The average Bonchev–Trinajstić information content (AvgIpc) is 2.25. The molecule has 0 amide bonds. The molecule has 1 aromatic heterocycles. The third-order valence-electron chi connectivity index (χ3n) is 2.46. The molecule has 1 heterocycles. The van der Waals surface area contributed by atoms with Gasteiger partial charge in [-0.1, -0.05) is 0 Å². The lowest BCUT2D eigenvalue weighted by Crippen LogP contribution is -2.36. The van der Waals surface area contributed by atoms with Crippen LogP contribution < -0.4 is 16.7 Å². The van der Waals surface area contributed by atoms with E-state index in [2.05, 4.69) is 4.98 Å². The normalized spacial score (nSPS) is 10.9. The number of halogens is 1. The van der Waals surface area contributed by atoms with E-state index in [0.717, 1.165) is 10.6 Å². The lowest BCUT2D eigenvalue weighted by molar-refractivity contribution is 0.636. The number of hydrogen-bond acceptors (Lipinski definition) is 2. The van der Waals surface area contributed by atoms with Crippen molar-refractivity contribution in [3.8, 4) is 0 Å². The van der Waals surface area contributed by atoms with Crippen molar-refractivity contribution < 1.29 is 4.39 Å². The van der Waals surface area contributed by atoms with Crippen molar-refractivity contribution in [2.24, 2.45) is 0 Å². The molecule has 0 unspecified atom stereocenters. The van der Waals surface area contributed by atoms with Gasteiger partial charge in [0.15, 0.2) is 0 Å². The molecule has 0 aliphatic rings. The van der Waals surface area contributed by atoms with Gasteiger partial charge in [-0.05, 0) is 24.5 Å². The smallest absolute Gasteiger partial charge is 0.307 e. The van der Waals surface area contributed by atoms with Crippen molar-refractivity contribution in [2.75, 3.05) is 0 Å². The molecule has 2 rings (SSSR count). The molecule has 0 aliphatic carbocycles. The van der Waals surface area contributed by atoms with Gasteiger partial charge in [-0.2, -0.15) is 0 Å². The first-order valence-electron chi connectivity index (χ1n) is 4.77. The molecule has 6 heteroatoms. The minimum Gasteiger partial charge on any atom is -0.307 e. The second-order valence-electron chi connectivity index (χ2n) is 3.36. The number of nitrogens with zero attached hydrogens (tertiary/aromatic N) is 1. The molecular formula is C10H8BFN2O2. The van der Waals surface area contributed by atoms with Gasteiger partial charge in [0, 0.05) is 6.54 Å². The maximum atomic E-state index is 13.1. The first-order chi connectivity index (χ1) is 7.56. The van der Waals surface area contributed by atoms with Crippen LogP contribution >= 0.6 is 0 Å². The van der Waals surface area contributed by atoms with Gasteiger partial charge in [0.1, 0.15) is 13.7 Å². The van der Waals surface area contributed by atoms with E-state index in [0.29, 0.717) is 0 Å². The van der Waals surface area contributed by atoms with Gasteiger partial charge in [0.2, 0.25) is 0 Å². The Bertz CT molecular complexity index is 675. The van der Waals surface area contributed by atoms with Crippen molar-refractivity contribution in [2.45, 2.75) is 13.5 Å². The molecular weight excluding hydrogens is 210 g/mol. The summed E-state index contributed by atoms with van der Waals surface area (Å²) in [6.07, 6.45) is 0. The Labute approximate surface area is 91.1 Å². The number of benzene rings is 1. The molecule has 4 nitrogen and oxygen atoms in total. The third kappa shape index (κ3) is 1.38. The van der Waals surface area contributed by atoms with Crippen LogP contribution in [0.3, 0.4) is 0 Å². The molecule has 1 N–H and O–H groups in total. The highest BCUT2D eigenvalue weighted by Crippen LogP contribution is 2.03. The summed E-state index contributed by atoms with van der Waals surface area (Å²) in [6, 6.07) is 2.42. The fourth-order valence-electron chi connectivity index (χ4n) is 1.61. The van der Waals surface area contributed by atoms with Crippen LogP contribution in [-0.4, -0.2) is 17.4 Å². The molecule has 2 radical (unpaired) electrons. The van der Waals surface area contributed by atoms with Crippen LogP contribution in [0, 0.1) is 5.82 Å². The molecule has 2 aromatic rings. The summed E-state index contributed by atoms with van der Waals surface area (Å²) in [7, 11) is 5.45. The SMILES string of the molecule is [B]c1c(F)ccc2c(=O)n(CC)c(=O)[nH]c12. The maximum absolute atomic E-state index is 13.1. The van der Waals surface area contributed by atoms with E-state index in [9.17, 15) is 14.0 Å². The Morgan fingerprint density at radius 1 is 1.44 bits per heavy atom. The van der Waals surface area contributed by atoms with Crippen LogP contribution in [-0.2, 0) is 6.54 Å². The largest absolute Gasteiger partial charge is 0.328 e. The predicted octanol–water partition coefficient (Wildman–Crippen LogP) is -0.357. The van der Waals surface area contributed by atoms with Gasteiger partial charge in [-0.25, -0.2) is 9.18 Å². The first-order valence-corrected chi connectivity index (χ1v) is 4.77. The van der Waals surface area contributed by atoms with Crippen molar-refractivity contribution >= 4 is 24.2 Å². The molecule has 0 aliphatic heterocycles. The van der Waals surface area contributed by atoms with E-state index in [1.54, 1.807) is 6.92 Å². The lowest BCUT2D eigenvalue weighted by atomic mass is 9.93. The zero-order chi connectivity index (χ0) is 11.9. The minimum absolute atomic E-state index is 0.0553. The number of aromatic amines is 1. The number of rotatable bonds is 1. The standard InChI is InChI=1S/C10H8BFN2O2/c1-2-14-9(15)5-3-4-6(12)7(11)8(5)13-10(14)16/h3-4H,2H2,1H3,(H,13,16). The number of hydrogen-bond donors (Lipinski definition) is 1. The van der Waals surface area contributed by atoms with Crippen LogP contribution in [0.5, 0.6) is 0 Å². The Hall–Kier alpha value is -1.85. The molecule has 0 spiro atoms. The van der Waals surface area contributed by atoms with Crippen LogP contribution in [0.1, 0.15) is 6.92 Å². The zero-order valence-electron chi connectivity index (χ0n) is 8.58. The summed E-state index contributed by atoms with van der Waals surface area (Å²) in [4.78, 5) is 25.7. The van der Waals surface area contributed by atoms with Crippen LogP contribution in [0.25, 0.3) is 10.9 Å². The van der Waals surface area contributed by atoms with Crippen LogP contribution in [0.2, 0.25) is 0 Å². The average molecular weight is 218 g/mol. The summed E-state index contributed by atoms with van der Waals surface area (Å²) < 4.78 is 14.2. The molecule has 80 valence electrons. The monoisotopic (exact) mass is 218 g/mol. The highest BCUT2D eigenvalue weighted by Gasteiger charge is 2.09. The second kappa shape index (κ2) is 3.62. The summed E-state index contributed by atoms with van der Waals surface area (Å²) in [6.45, 7) is 1.93. The maximum Gasteiger partial charge on any atom is 0.328 e. The van der Waals surface area contributed by atoms with Gasteiger partial charge in [-0.3, -0.25) is 9.36 Å². The van der Waals surface area contributed by atoms with Crippen molar-refractivity contribution in [1.29, 1.82) is 0 Å². The number of fused-ring (bicyclic) bond motifs is 1. The Balaban J connectivity index is 3.05. The van der Waals surface area contributed by atoms with E-state index in [-0.39, 0.29) is 22.9 Å². The summed E-state index contributed by atoms with van der Waals surface area (Å²) >= 11 is 0. The van der Waals surface area contributed by atoms with E-state index in [1.807, 2.05) is 0 Å². The minimum atomic E-state index is -0.656. The molecule has 0 fully saturated rings. The fraction of sp³-hybridized carbons (Fsp3) is 0.200. The molecule has 1 aromatic carbocycles. The van der Waals surface area contributed by atoms with Crippen molar-refractivity contribution in [3.63, 3.8) is 0 Å². The predicted molar refractivity (Wildman–Crippen MR) is 59.8 cm³/mol. The molecule has 0 atom stereocenters. The highest BCUT2D eigenvalue weighted by molar-refractivity contribution is 6.38. The molecule has 16 heavy (non-hydrogen) atoms. The molecule has 0 bridgehead atoms. The van der Waals surface area contributed by atoms with E-state index >= 15 is 0 Å². The van der Waals surface area contributed by atoms with E-state index in [4.69, 9.17) is 7.85 Å². The lowest BCUT2D eigenvalue weighted by Gasteiger charge is -2.06. The molecule has 0 saturated heterocycles. The van der Waals surface area contributed by atoms with Crippen LogP contribution in [0.4, 0.5) is 4.39 Å². The van der Waals surface area contributed by atoms with E-state index in [1.165, 1.54) is 6.07 Å². The third-order valence-corrected chi connectivity index (χ3v) is 2.46. The van der Waals surface area contributed by atoms with Crippen molar-refractivity contribution in [1.82, 2.24) is 9.55 Å². The van der Waals surface area contributed by atoms with Gasteiger partial charge < -0.3 is 4.98 Å². The number of H-pyrrole nitrogens is 1. The molecule has 0 saturated carbocycles. The first kappa shape index (κ1) is 10.7. The van der Waals surface area contributed by atoms with Crippen molar-refractivity contribution in [3.05, 3.63) is 38.8 Å². The van der Waals surface area contributed by atoms with Gasteiger partial charge in [0.05, 0.1) is 10.9 Å². The van der Waals surface area contributed by atoms with Gasteiger partial charge >= 0.3 is 5.69 Å². The Kier molecular flexibility index (Phi) is 2.42. The second-order valence-corrected chi connectivity index (χ2v) is 3.36. The number of aromatic nitrogens is 2. The fourth-order valence-corrected chi connectivity index (χ4v) is 1.61.